The number of aryl methyl sites for hydroxylation is 1. The second-order valence-electron chi connectivity index (χ2n) is 6.34. The van der Waals surface area contributed by atoms with Gasteiger partial charge in [0.25, 0.3) is 0 Å². The number of aromatic nitrogens is 2. The molecule has 1 aromatic heterocycles. The minimum Gasteiger partial charge on any atom is -0.382 e. The van der Waals surface area contributed by atoms with Crippen LogP contribution in [0.15, 0.2) is 12.4 Å². The number of hydrogen-bond acceptors (Lipinski definition) is 5. The van der Waals surface area contributed by atoms with Gasteiger partial charge in [0, 0.05) is 26.9 Å². The van der Waals surface area contributed by atoms with E-state index >= 15 is 0 Å². The summed E-state index contributed by atoms with van der Waals surface area (Å²) in [5.74, 6) is 0. The van der Waals surface area contributed by atoms with Gasteiger partial charge in [-0.1, -0.05) is 0 Å². The molecular formula is C15H25N3O4S. The molecule has 1 saturated heterocycles. The van der Waals surface area contributed by atoms with E-state index in [4.69, 9.17) is 9.47 Å². The number of rotatable bonds is 8. The Morgan fingerprint density at radius 3 is 2.70 bits per heavy atom. The minimum atomic E-state index is -3.20. The lowest BCUT2D eigenvalue weighted by molar-refractivity contribution is 0.00635. The molecule has 0 N–H and O–H groups in total. The Bertz CT molecular complexity index is 626. The molecule has 0 radical (unpaired) electrons. The predicted molar refractivity (Wildman–Crippen MR) is 85.6 cm³/mol. The molecular weight excluding hydrogens is 318 g/mol. The van der Waals surface area contributed by atoms with E-state index in [1.54, 1.807) is 22.3 Å². The summed E-state index contributed by atoms with van der Waals surface area (Å²) >= 11 is 0. The maximum absolute atomic E-state index is 12.7. The summed E-state index contributed by atoms with van der Waals surface area (Å²) in [6.45, 7) is 1.55. The molecule has 2 fully saturated rings. The van der Waals surface area contributed by atoms with Gasteiger partial charge in [-0.05, 0) is 31.2 Å². The van der Waals surface area contributed by atoms with E-state index in [0.717, 1.165) is 24.8 Å². The number of nitrogens with zero attached hydrogens (tertiary/aromatic N) is 3. The van der Waals surface area contributed by atoms with Gasteiger partial charge in [0.1, 0.15) is 0 Å². The zero-order valence-corrected chi connectivity index (χ0v) is 14.5. The predicted octanol–water partition coefficient (Wildman–Crippen LogP) is 0.561. The van der Waals surface area contributed by atoms with Crippen LogP contribution < -0.4 is 0 Å². The molecule has 2 heterocycles. The van der Waals surface area contributed by atoms with Crippen molar-refractivity contribution in [2.24, 2.45) is 7.05 Å². The Kier molecular flexibility index (Phi) is 5.05. The summed E-state index contributed by atoms with van der Waals surface area (Å²) in [4.78, 5) is 0. The Morgan fingerprint density at radius 1 is 1.30 bits per heavy atom. The van der Waals surface area contributed by atoms with E-state index in [9.17, 15) is 8.42 Å². The molecule has 1 aromatic rings. The maximum Gasteiger partial charge on any atom is 0.217 e. The molecule has 8 heteroatoms. The third-order valence-electron chi connectivity index (χ3n) is 4.53. The standard InChI is InChI=1S/C15H25N3O4S/c1-17-11-12(10-16-17)9-14-15(22-8-7-21-2)5-6-18(14)23(19,20)13-3-4-13/h10-11,13-15H,3-9H2,1-2H3/t14-,15-/m1/s1. The molecule has 1 aliphatic heterocycles. The zero-order valence-electron chi connectivity index (χ0n) is 13.7. The van der Waals surface area contributed by atoms with Crippen LogP contribution in [0.25, 0.3) is 0 Å². The number of sulfonamides is 1. The number of ether oxygens (including phenoxy) is 2. The van der Waals surface area contributed by atoms with Crippen LogP contribution in [0.5, 0.6) is 0 Å². The Balaban J connectivity index is 1.75. The van der Waals surface area contributed by atoms with Crippen LogP contribution in [0.4, 0.5) is 0 Å². The van der Waals surface area contributed by atoms with Gasteiger partial charge in [0.2, 0.25) is 10.0 Å². The van der Waals surface area contributed by atoms with E-state index < -0.39 is 10.0 Å². The van der Waals surface area contributed by atoms with Gasteiger partial charge >= 0.3 is 0 Å². The van der Waals surface area contributed by atoms with Gasteiger partial charge in [-0.3, -0.25) is 4.68 Å². The first kappa shape index (κ1) is 16.9. The molecule has 1 aliphatic carbocycles. The molecule has 130 valence electrons. The van der Waals surface area contributed by atoms with Gasteiger partial charge in [-0.25, -0.2) is 8.42 Å². The number of methoxy groups -OCH3 is 1. The fraction of sp³-hybridized carbons (Fsp3) is 0.800. The van der Waals surface area contributed by atoms with Crippen LogP contribution in [-0.4, -0.2) is 66.8 Å². The lowest BCUT2D eigenvalue weighted by Crippen LogP contribution is -2.43. The summed E-state index contributed by atoms with van der Waals surface area (Å²) in [6, 6.07) is -0.151. The van der Waals surface area contributed by atoms with Crippen molar-refractivity contribution in [2.45, 2.75) is 43.1 Å². The van der Waals surface area contributed by atoms with Gasteiger partial charge < -0.3 is 9.47 Å². The lowest BCUT2D eigenvalue weighted by atomic mass is 10.1. The van der Waals surface area contributed by atoms with Crippen molar-refractivity contribution in [1.29, 1.82) is 0 Å². The number of hydrogen-bond donors (Lipinski definition) is 0. The van der Waals surface area contributed by atoms with Crippen LogP contribution >= 0.6 is 0 Å². The third kappa shape index (κ3) is 3.76. The third-order valence-corrected chi connectivity index (χ3v) is 6.95. The van der Waals surface area contributed by atoms with Crippen LogP contribution in [0.1, 0.15) is 24.8 Å². The highest BCUT2D eigenvalue weighted by molar-refractivity contribution is 7.90. The first-order valence-electron chi connectivity index (χ1n) is 8.11. The molecule has 2 atom stereocenters. The highest BCUT2D eigenvalue weighted by Gasteiger charge is 2.47. The average Bonchev–Trinajstić information content (AvgIpc) is 3.19. The van der Waals surface area contributed by atoms with Crippen LogP contribution in [-0.2, 0) is 33.0 Å². The smallest absolute Gasteiger partial charge is 0.217 e. The van der Waals surface area contributed by atoms with Crippen molar-refractivity contribution in [2.75, 3.05) is 26.9 Å². The van der Waals surface area contributed by atoms with Crippen LogP contribution in [0.3, 0.4) is 0 Å². The molecule has 2 aliphatic rings. The summed E-state index contributed by atoms with van der Waals surface area (Å²) in [5.41, 5.74) is 1.04. The average molecular weight is 343 g/mol. The highest BCUT2D eigenvalue weighted by atomic mass is 32.2. The van der Waals surface area contributed by atoms with Crippen molar-refractivity contribution in [3.05, 3.63) is 18.0 Å². The fourth-order valence-corrected chi connectivity index (χ4v) is 5.26. The van der Waals surface area contributed by atoms with Gasteiger partial charge in [0.05, 0.1) is 36.8 Å². The van der Waals surface area contributed by atoms with E-state index in [2.05, 4.69) is 5.10 Å². The first-order valence-corrected chi connectivity index (χ1v) is 9.61. The second kappa shape index (κ2) is 6.88. The highest BCUT2D eigenvalue weighted by Crippen LogP contribution is 2.36. The largest absolute Gasteiger partial charge is 0.382 e. The Hall–Kier alpha value is -0.960. The molecule has 3 rings (SSSR count). The Labute approximate surface area is 137 Å². The lowest BCUT2D eigenvalue weighted by Gasteiger charge is -2.27. The summed E-state index contributed by atoms with van der Waals surface area (Å²) in [5, 5.41) is 4.00. The molecule has 23 heavy (non-hydrogen) atoms. The van der Waals surface area contributed by atoms with Crippen molar-refractivity contribution >= 4 is 10.0 Å². The summed E-state index contributed by atoms with van der Waals surface area (Å²) in [7, 11) is 0.302. The monoisotopic (exact) mass is 343 g/mol. The molecule has 7 nitrogen and oxygen atoms in total. The Morgan fingerprint density at radius 2 is 2.09 bits per heavy atom. The molecule has 1 saturated carbocycles. The quantitative estimate of drug-likeness (QED) is 0.645. The van der Waals surface area contributed by atoms with E-state index in [-0.39, 0.29) is 17.4 Å². The van der Waals surface area contributed by atoms with Gasteiger partial charge in [0.15, 0.2) is 0 Å². The molecule has 0 aromatic carbocycles. The van der Waals surface area contributed by atoms with Crippen molar-refractivity contribution in [1.82, 2.24) is 14.1 Å². The first-order chi connectivity index (χ1) is 11.0. The topological polar surface area (TPSA) is 73.7 Å². The van der Waals surface area contributed by atoms with Crippen molar-refractivity contribution in [3.8, 4) is 0 Å². The maximum atomic E-state index is 12.7. The van der Waals surface area contributed by atoms with Crippen LogP contribution in [0, 0.1) is 0 Å². The molecule has 0 bridgehead atoms. The van der Waals surface area contributed by atoms with E-state index in [1.807, 2.05) is 13.2 Å². The van der Waals surface area contributed by atoms with Crippen molar-refractivity contribution in [3.63, 3.8) is 0 Å². The van der Waals surface area contributed by atoms with Gasteiger partial charge in [-0.2, -0.15) is 9.40 Å². The van der Waals surface area contributed by atoms with E-state index in [1.165, 1.54) is 0 Å². The summed E-state index contributed by atoms with van der Waals surface area (Å²) < 4.78 is 39.8. The molecule has 0 unspecified atom stereocenters. The zero-order chi connectivity index (χ0) is 16.4. The molecule has 0 amide bonds. The minimum absolute atomic E-state index is 0.0844. The second-order valence-corrected chi connectivity index (χ2v) is 8.51. The summed E-state index contributed by atoms with van der Waals surface area (Å²) in [6.07, 6.45) is 6.59. The van der Waals surface area contributed by atoms with Crippen LogP contribution in [0.2, 0.25) is 0 Å². The van der Waals surface area contributed by atoms with Gasteiger partial charge in [-0.15, -0.1) is 0 Å². The molecule has 0 spiro atoms. The SMILES string of the molecule is COCCO[C@@H]1CCN(S(=O)(=O)C2CC2)[C@@H]1Cc1cnn(C)c1. The fourth-order valence-electron chi connectivity index (χ4n) is 3.20. The van der Waals surface area contributed by atoms with E-state index in [0.29, 0.717) is 26.2 Å². The normalized spacial score (nSPS) is 26.0. The van der Waals surface area contributed by atoms with Crippen molar-refractivity contribution < 1.29 is 17.9 Å².